The molecule has 2 nitrogen and oxygen atoms in total. The minimum absolute atomic E-state index is 0.885. The molecule has 11 heavy (non-hydrogen) atoms. The second-order valence-corrected chi connectivity index (χ2v) is 2.76. The highest BCUT2D eigenvalue weighted by Gasteiger charge is 2.08. The normalized spacial score (nSPS) is 19.5. The third-order valence-electron chi connectivity index (χ3n) is 1.90. The third-order valence-corrected chi connectivity index (χ3v) is 1.90. The average molecular weight is 153 g/mol. The van der Waals surface area contributed by atoms with Gasteiger partial charge in [-0.15, -0.1) is 12.3 Å². The second kappa shape index (κ2) is 5.17. The molecule has 0 spiro atoms. The Labute approximate surface area is 68.5 Å². The zero-order valence-corrected chi connectivity index (χ0v) is 6.88. The van der Waals surface area contributed by atoms with Crippen molar-refractivity contribution in [3.05, 3.63) is 0 Å². The first kappa shape index (κ1) is 8.58. The van der Waals surface area contributed by atoms with Crippen LogP contribution in [-0.2, 0) is 4.74 Å². The van der Waals surface area contributed by atoms with Crippen molar-refractivity contribution >= 4 is 0 Å². The van der Waals surface area contributed by atoms with Gasteiger partial charge in [-0.25, -0.2) is 0 Å². The number of rotatable bonds is 3. The summed E-state index contributed by atoms with van der Waals surface area (Å²) in [7, 11) is 0. The summed E-state index contributed by atoms with van der Waals surface area (Å²) < 4.78 is 5.22. The standard InChI is InChI=1S/C9H15NO/c1-2-3-4-5-10-6-8-11-9-7-10/h1H,3-9H2. The summed E-state index contributed by atoms with van der Waals surface area (Å²) in [5.41, 5.74) is 0. The number of terminal acetylenes is 1. The van der Waals surface area contributed by atoms with Gasteiger partial charge < -0.3 is 4.74 Å². The number of ether oxygens (including phenoxy) is 1. The Hall–Kier alpha value is -0.520. The van der Waals surface area contributed by atoms with Crippen molar-refractivity contribution in [3.63, 3.8) is 0 Å². The van der Waals surface area contributed by atoms with Crippen LogP contribution in [-0.4, -0.2) is 37.7 Å². The van der Waals surface area contributed by atoms with E-state index in [2.05, 4.69) is 10.8 Å². The van der Waals surface area contributed by atoms with E-state index in [4.69, 9.17) is 11.2 Å². The molecule has 1 aliphatic heterocycles. The fourth-order valence-electron chi connectivity index (χ4n) is 1.23. The second-order valence-electron chi connectivity index (χ2n) is 2.76. The number of unbranched alkanes of at least 4 members (excludes halogenated alkanes) is 1. The Morgan fingerprint density at radius 1 is 1.36 bits per heavy atom. The van der Waals surface area contributed by atoms with E-state index in [0.29, 0.717) is 0 Å². The minimum atomic E-state index is 0.885. The summed E-state index contributed by atoms with van der Waals surface area (Å²) in [5, 5.41) is 0. The molecule has 0 bridgehead atoms. The van der Waals surface area contributed by atoms with Crippen molar-refractivity contribution in [2.24, 2.45) is 0 Å². The molecular weight excluding hydrogens is 138 g/mol. The first-order chi connectivity index (χ1) is 5.43. The fourth-order valence-corrected chi connectivity index (χ4v) is 1.23. The molecule has 0 unspecified atom stereocenters. The highest BCUT2D eigenvalue weighted by molar-refractivity contribution is 4.83. The molecule has 1 aliphatic rings. The van der Waals surface area contributed by atoms with Gasteiger partial charge in [0.2, 0.25) is 0 Å². The molecule has 1 heterocycles. The molecule has 2 heteroatoms. The van der Waals surface area contributed by atoms with Crippen LogP contribution in [0, 0.1) is 12.3 Å². The van der Waals surface area contributed by atoms with Gasteiger partial charge in [-0.2, -0.15) is 0 Å². The molecule has 0 N–H and O–H groups in total. The molecule has 0 amide bonds. The van der Waals surface area contributed by atoms with E-state index in [9.17, 15) is 0 Å². The lowest BCUT2D eigenvalue weighted by Crippen LogP contribution is -2.36. The Bertz CT molecular complexity index is 133. The van der Waals surface area contributed by atoms with Gasteiger partial charge >= 0.3 is 0 Å². The quantitative estimate of drug-likeness (QED) is 0.438. The van der Waals surface area contributed by atoms with Gasteiger partial charge in [0.15, 0.2) is 0 Å². The van der Waals surface area contributed by atoms with E-state index < -0.39 is 0 Å². The molecule has 1 rings (SSSR count). The number of morpholine rings is 1. The van der Waals surface area contributed by atoms with Crippen LogP contribution in [0.3, 0.4) is 0 Å². The first-order valence-corrected chi connectivity index (χ1v) is 4.17. The summed E-state index contributed by atoms with van der Waals surface area (Å²) in [6, 6.07) is 0. The minimum Gasteiger partial charge on any atom is -0.379 e. The summed E-state index contributed by atoms with van der Waals surface area (Å²) >= 11 is 0. The molecular formula is C9H15NO. The fraction of sp³-hybridized carbons (Fsp3) is 0.778. The van der Waals surface area contributed by atoms with E-state index in [1.54, 1.807) is 0 Å². The average Bonchev–Trinajstić information content (AvgIpc) is 2.07. The van der Waals surface area contributed by atoms with Crippen LogP contribution < -0.4 is 0 Å². The summed E-state index contributed by atoms with van der Waals surface area (Å²) in [5.74, 6) is 2.65. The van der Waals surface area contributed by atoms with Crippen LogP contribution in [0.4, 0.5) is 0 Å². The molecule has 1 saturated heterocycles. The predicted molar refractivity (Wildman–Crippen MR) is 45.3 cm³/mol. The van der Waals surface area contributed by atoms with Gasteiger partial charge in [-0.3, -0.25) is 4.90 Å². The predicted octanol–water partition coefficient (Wildman–Crippen LogP) is 0.732. The lowest BCUT2D eigenvalue weighted by Gasteiger charge is -2.26. The highest BCUT2D eigenvalue weighted by atomic mass is 16.5. The Kier molecular flexibility index (Phi) is 4.03. The van der Waals surface area contributed by atoms with E-state index in [1.165, 1.54) is 0 Å². The van der Waals surface area contributed by atoms with Gasteiger partial charge in [0.1, 0.15) is 0 Å². The van der Waals surface area contributed by atoms with Crippen molar-refractivity contribution in [2.45, 2.75) is 12.8 Å². The Morgan fingerprint density at radius 2 is 2.09 bits per heavy atom. The molecule has 0 radical (unpaired) electrons. The van der Waals surface area contributed by atoms with Gasteiger partial charge in [0.05, 0.1) is 13.2 Å². The molecule has 0 aromatic rings. The lowest BCUT2D eigenvalue weighted by atomic mass is 10.3. The van der Waals surface area contributed by atoms with E-state index in [1.807, 2.05) is 0 Å². The van der Waals surface area contributed by atoms with E-state index in [0.717, 1.165) is 45.7 Å². The van der Waals surface area contributed by atoms with E-state index in [-0.39, 0.29) is 0 Å². The maximum Gasteiger partial charge on any atom is 0.0594 e. The molecule has 0 aromatic carbocycles. The monoisotopic (exact) mass is 153 g/mol. The number of nitrogens with zero attached hydrogens (tertiary/aromatic N) is 1. The van der Waals surface area contributed by atoms with Crippen LogP contribution in [0.1, 0.15) is 12.8 Å². The van der Waals surface area contributed by atoms with Crippen molar-refractivity contribution in [2.75, 3.05) is 32.8 Å². The summed E-state index contributed by atoms with van der Waals surface area (Å²) in [4.78, 5) is 2.40. The van der Waals surface area contributed by atoms with Gasteiger partial charge in [-0.1, -0.05) is 0 Å². The van der Waals surface area contributed by atoms with Crippen molar-refractivity contribution in [1.29, 1.82) is 0 Å². The maximum absolute atomic E-state index is 5.22. The molecule has 0 atom stereocenters. The molecule has 1 fully saturated rings. The van der Waals surface area contributed by atoms with Crippen molar-refractivity contribution < 1.29 is 4.74 Å². The van der Waals surface area contributed by atoms with Gasteiger partial charge in [0, 0.05) is 19.5 Å². The molecule has 0 saturated carbocycles. The van der Waals surface area contributed by atoms with Crippen LogP contribution in [0.25, 0.3) is 0 Å². The number of hydrogen-bond acceptors (Lipinski definition) is 2. The zero-order valence-electron chi connectivity index (χ0n) is 6.88. The van der Waals surface area contributed by atoms with Gasteiger partial charge in [-0.05, 0) is 13.0 Å². The van der Waals surface area contributed by atoms with Crippen molar-refractivity contribution in [1.82, 2.24) is 4.90 Å². The topological polar surface area (TPSA) is 12.5 Å². The van der Waals surface area contributed by atoms with Crippen LogP contribution in [0.2, 0.25) is 0 Å². The van der Waals surface area contributed by atoms with Crippen molar-refractivity contribution in [3.8, 4) is 12.3 Å². The van der Waals surface area contributed by atoms with Gasteiger partial charge in [0.25, 0.3) is 0 Å². The Balaban J connectivity index is 2.01. The smallest absolute Gasteiger partial charge is 0.0594 e. The highest BCUT2D eigenvalue weighted by Crippen LogP contribution is 1.98. The Morgan fingerprint density at radius 3 is 2.73 bits per heavy atom. The lowest BCUT2D eigenvalue weighted by molar-refractivity contribution is 0.0376. The largest absolute Gasteiger partial charge is 0.379 e. The molecule has 0 aromatic heterocycles. The SMILES string of the molecule is C#CCCCN1CCOCC1. The van der Waals surface area contributed by atoms with Crippen LogP contribution in [0.15, 0.2) is 0 Å². The summed E-state index contributed by atoms with van der Waals surface area (Å²) in [6.45, 7) is 5.05. The third kappa shape index (κ3) is 3.41. The maximum atomic E-state index is 5.22. The van der Waals surface area contributed by atoms with Crippen LogP contribution >= 0.6 is 0 Å². The number of hydrogen-bond donors (Lipinski definition) is 0. The van der Waals surface area contributed by atoms with Crippen LogP contribution in [0.5, 0.6) is 0 Å². The molecule has 0 aliphatic carbocycles. The molecule has 62 valence electrons. The van der Waals surface area contributed by atoms with E-state index >= 15 is 0 Å². The summed E-state index contributed by atoms with van der Waals surface area (Å²) in [6.07, 6.45) is 7.17. The first-order valence-electron chi connectivity index (χ1n) is 4.17. The zero-order chi connectivity index (χ0) is 7.94.